The van der Waals surface area contributed by atoms with Crippen LogP contribution in [0.3, 0.4) is 0 Å². The number of rotatable bonds is 3. The van der Waals surface area contributed by atoms with Gasteiger partial charge in [-0.3, -0.25) is 0 Å². The quantitative estimate of drug-likeness (QED) is 0.805. The summed E-state index contributed by atoms with van der Waals surface area (Å²) in [6.45, 7) is 7.21. The molecule has 2 heterocycles. The number of hydrogen-bond acceptors (Lipinski definition) is 4. The van der Waals surface area contributed by atoms with Crippen molar-refractivity contribution >= 4 is 29.1 Å². The first-order chi connectivity index (χ1) is 11.1. The van der Waals surface area contributed by atoms with Gasteiger partial charge in [0.1, 0.15) is 5.82 Å². The molecule has 24 heavy (non-hydrogen) atoms. The summed E-state index contributed by atoms with van der Waals surface area (Å²) in [5.41, 5.74) is -0.972. The van der Waals surface area contributed by atoms with Crippen molar-refractivity contribution in [1.82, 2.24) is 15.3 Å². The third kappa shape index (κ3) is 5.19. The van der Waals surface area contributed by atoms with E-state index in [1.807, 2.05) is 18.7 Å². The van der Waals surface area contributed by atoms with E-state index in [1.54, 1.807) is 0 Å². The van der Waals surface area contributed by atoms with Gasteiger partial charge in [-0.15, -0.1) is 0 Å². The molecule has 9 heteroatoms. The fourth-order valence-electron chi connectivity index (χ4n) is 2.59. The zero-order valence-electron chi connectivity index (χ0n) is 13.9. The van der Waals surface area contributed by atoms with Gasteiger partial charge >= 0.3 is 6.18 Å². The molecule has 1 aromatic heterocycles. The third-order valence-corrected chi connectivity index (χ3v) is 3.85. The molecule has 0 amide bonds. The number of piperidine rings is 1. The van der Waals surface area contributed by atoms with Crippen molar-refractivity contribution in [3.8, 4) is 0 Å². The highest BCUT2D eigenvalue weighted by atomic mass is 32.1. The van der Waals surface area contributed by atoms with E-state index in [2.05, 4.69) is 27.5 Å². The first-order valence-electron chi connectivity index (χ1n) is 7.94. The van der Waals surface area contributed by atoms with Crippen molar-refractivity contribution in [3.05, 3.63) is 11.8 Å². The molecule has 2 N–H and O–H groups in total. The van der Waals surface area contributed by atoms with Gasteiger partial charge in [0.15, 0.2) is 10.8 Å². The molecule has 1 aromatic rings. The normalized spacial score (nSPS) is 18.6. The zero-order valence-corrected chi connectivity index (χ0v) is 14.8. The second-order valence-corrected chi connectivity index (χ2v) is 6.79. The van der Waals surface area contributed by atoms with Crippen molar-refractivity contribution < 1.29 is 13.2 Å². The van der Waals surface area contributed by atoms with Gasteiger partial charge in [-0.25, -0.2) is 4.98 Å². The van der Waals surface area contributed by atoms with Gasteiger partial charge in [0, 0.05) is 25.2 Å². The Labute approximate surface area is 145 Å². The molecular weight excluding hydrogens is 339 g/mol. The number of thiocarbonyl (C=S) groups is 1. The van der Waals surface area contributed by atoms with Gasteiger partial charge in [-0.2, -0.15) is 18.2 Å². The maximum Gasteiger partial charge on any atom is 0.433 e. The van der Waals surface area contributed by atoms with Crippen LogP contribution >= 0.6 is 12.2 Å². The number of alkyl halides is 3. The minimum absolute atomic E-state index is 0.0539. The molecule has 0 radical (unpaired) electrons. The molecule has 0 bridgehead atoms. The molecule has 0 spiro atoms. The molecule has 0 unspecified atom stereocenters. The highest BCUT2D eigenvalue weighted by molar-refractivity contribution is 7.80. The predicted octanol–water partition coefficient (Wildman–Crippen LogP) is 3.43. The summed E-state index contributed by atoms with van der Waals surface area (Å²) in [6, 6.07) is 1.06. The molecule has 2 rings (SSSR count). The van der Waals surface area contributed by atoms with E-state index in [1.165, 1.54) is 0 Å². The lowest BCUT2D eigenvalue weighted by atomic mass is 10.0. The number of hydrogen-bond donors (Lipinski definition) is 2. The van der Waals surface area contributed by atoms with Gasteiger partial charge in [-0.1, -0.05) is 6.92 Å². The smallest absolute Gasteiger partial charge is 0.360 e. The van der Waals surface area contributed by atoms with E-state index in [4.69, 9.17) is 12.2 Å². The summed E-state index contributed by atoms with van der Waals surface area (Å²) in [6.07, 6.45) is -2.54. The van der Waals surface area contributed by atoms with Crippen LogP contribution in [0.2, 0.25) is 0 Å². The molecule has 0 saturated carbocycles. The summed E-state index contributed by atoms with van der Waals surface area (Å²) in [7, 11) is 0. The van der Waals surface area contributed by atoms with Crippen LogP contribution in [0.25, 0.3) is 0 Å². The minimum atomic E-state index is -4.54. The van der Waals surface area contributed by atoms with Gasteiger partial charge in [-0.05, 0) is 44.8 Å². The van der Waals surface area contributed by atoms with E-state index in [-0.39, 0.29) is 22.9 Å². The molecule has 134 valence electrons. The average Bonchev–Trinajstić information content (AvgIpc) is 2.45. The molecule has 1 fully saturated rings. The van der Waals surface area contributed by atoms with E-state index < -0.39 is 11.9 Å². The summed E-state index contributed by atoms with van der Waals surface area (Å²) in [5.74, 6) is 0.554. The Morgan fingerprint density at radius 3 is 2.67 bits per heavy atom. The maximum atomic E-state index is 13.2. The van der Waals surface area contributed by atoms with Crippen LogP contribution in [-0.2, 0) is 6.18 Å². The Morgan fingerprint density at radius 1 is 1.38 bits per heavy atom. The van der Waals surface area contributed by atoms with Gasteiger partial charge in [0.2, 0.25) is 5.95 Å². The van der Waals surface area contributed by atoms with Crippen LogP contribution < -0.4 is 15.5 Å². The number of halogens is 3. The van der Waals surface area contributed by atoms with Crippen LogP contribution in [0.1, 0.15) is 39.3 Å². The van der Waals surface area contributed by atoms with Crippen molar-refractivity contribution in [1.29, 1.82) is 0 Å². The van der Waals surface area contributed by atoms with Gasteiger partial charge < -0.3 is 15.5 Å². The van der Waals surface area contributed by atoms with Crippen molar-refractivity contribution in [2.24, 2.45) is 5.92 Å². The maximum absolute atomic E-state index is 13.2. The topological polar surface area (TPSA) is 53.1 Å². The largest absolute Gasteiger partial charge is 0.433 e. The van der Waals surface area contributed by atoms with E-state index in [0.717, 1.165) is 18.9 Å². The first-order valence-corrected chi connectivity index (χ1v) is 8.34. The van der Waals surface area contributed by atoms with Crippen LogP contribution in [0, 0.1) is 5.92 Å². The highest BCUT2D eigenvalue weighted by Crippen LogP contribution is 2.31. The third-order valence-electron chi connectivity index (χ3n) is 3.63. The van der Waals surface area contributed by atoms with Gasteiger partial charge in [0.05, 0.1) is 0 Å². The lowest BCUT2D eigenvalue weighted by Crippen LogP contribution is -2.36. The second kappa shape index (κ2) is 7.50. The molecule has 1 saturated heterocycles. The Bertz CT molecular complexity index is 591. The zero-order chi connectivity index (χ0) is 17.9. The summed E-state index contributed by atoms with van der Waals surface area (Å²) >= 11 is 5.07. The van der Waals surface area contributed by atoms with E-state index >= 15 is 0 Å². The second-order valence-electron chi connectivity index (χ2n) is 6.38. The fourth-order valence-corrected chi connectivity index (χ4v) is 2.92. The predicted molar refractivity (Wildman–Crippen MR) is 92.1 cm³/mol. The molecule has 5 nitrogen and oxygen atoms in total. The van der Waals surface area contributed by atoms with Crippen LogP contribution in [0.4, 0.5) is 24.9 Å². The van der Waals surface area contributed by atoms with Crippen LogP contribution in [0.15, 0.2) is 6.07 Å². The number of nitrogens with zero attached hydrogens (tertiary/aromatic N) is 3. The Morgan fingerprint density at radius 2 is 2.08 bits per heavy atom. The SMILES string of the molecule is CC(C)NC(=S)Nc1nc(N2CCC[C@H](C)C2)cc(C(F)(F)F)n1. The van der Waals surface area contributed by atoms with Crippen molar-refractivity contribution in [2.45, 2.75) is 45.8 Å². The average molecular weight is 361 g/mol. The van der Waals surface area contributed by atoms with E-state index in [9.17, 15) is 13.2 Å². The van der Waals surface area contributed by atoms with Gasteiger partial charge in [0.25, 0.3) is 0 Å². The van der Waals surface area contributed by atoms with Crippen molar-refractivity contribution in [3.63, 3.8) is 0 Å². The molecule has 1 aliphatic heterocycles. The molecule has 1 atom stereocenters. The summed E-state index contributed by atoms with van der Waals surface area (Å²) < 4.78 is 39.5. The Balaban J connectivity index is 2.29. The molecular formula is C15H22F3N5S. The monoisotopic (exact) mass is 361 g/mol. The van der Waals surface area contributed by atoms with Crippen LogP contribution in [-0.4, -0.2) is 34.2 Å². The number of nitrogens with one attached hydrogen (secondary N) is 2. The molecule has 0 aromatic carbocycles. The molecule has 1 aliphatic rings. The van der Waals surface area contributed by atoms with Crippen LogP contribution in [0.5, 0.6) is 0 Å². The molecule has 0 aliphatic carbocycles. The summed E-state index contributed by atoms with van der Waals surface area (Å²) in [4.78, 5) is 9.66. The number of aromatic nitrogens is 2. The highest BCUT2D eigenvalue weighted by Gasteiger charge is 2.34. The lowest BCUT2D eigenvalue weighted by Gasteiger charge is -2.32. The summed E-state index contributed by atoms with van der Waals surface area (Å²) in [5, 5.41) is 5.75. The van der Waals surface area contributed by atoms with E-state index in [0.29, 0.717) is 19.0 Å². The van der Waals surface area contributed by atoms with Crippen molar-refractivity contribution in [2.75, 3.05) is 23.3 Å². The number of anilines is 2. The first kappa shape index (κ1) is 18.7. The fraction of sp³-hybridized carbons (Fsp3) is 0.667. The Hall–Kier alpha value is -1.64. The standard InChI is InChI=1S/C15H22F3N5S/c1-9(2)19-14(24)22-13-20-11(15(16,17)18)7-12(21-13)23-6-4-5-10(3)8-23/h7,9-10H,4-6,8H2,1-3H3,(H2,19,20,21,22,24)/t10-/m0/s1. The lowest BCUT2D eigenvalue weighted by molar-refractivity contribution is -0.141. The Kier molecular flexibility index (Phi) is 5.84. The minimum Gasteiger partial charge on any atom is -0.360 e.